The number of aliphatic hydroxyl groups is 4. The van der Waals surface area contributed by atoms with Crippen molar-refractivity contribution in [2.24, 2.45) is 0 Å². The Morgan fingerprint density at radius 3 is 2.48 bits per heavy atom. The molecule has 0 amide bonds. The van der Waals surface area contributed by atoms with Crippen molar-refractivity contribution in [2.75, 3.05) is 6.61 Å². The van der Waals surface area contributed by atoms with Gasteiger partial charge in [0.2, 0.25) is 0 Å². The second-order valence-corrected chi connectivity index (χ2v) is 5.68. The Hall–Kier alpha value is -1.23. The highest BCUT2D eigenvalue weighted by molar-refractivity contribution is 8.00. The highest BCUT2D eigenvalue weighted by Gasteiger charge is 2.44. The van der Waals surface area contributed by atoms with Crippen molar-refractivity contribution in [3.63, 3.8) is 0 Å². The summed E-state index contributed by atoms with van der Waals surface area (Å²) in [6.45, 7) is -0.543. The summed E-state index contributed by atoms with van der Waals surface area (Å²) in [6, 6.07) is 5.91. The molecule has 0 unspecified atom stereocenters. The Labute approximate surface area is 124 Å². The third-order valence-electron chi connectivity index (χ3n) is 3.15. The van der Waals surface area contributed by atoms with Crippen LogP contribution in [0.4, 0.5) is 5.69 Å². The number of hydrogen-bond acceptors (Lipinski definition) is 8. The number of nitro groups is 1. The number of rotatable bonds is 4. The van der Waals surface area contributed by atoms with E-state index < -0.39 is 41.4 Å². The fraction of sp³-hybridized carbons (Fsp3) is 0.500. The van der Waals surface area contributed by atoms with Gasteiger partial charge in [-0.1, -0.05) is 23.9 Å². The van der Waals surface area contributed by atoms with Gasteiger partial charge in [-0.25, -0.2) is 0 Å². The maximum Gasteiger partial charge on any atom is 0.282 e. The first-order chi connectivity index (χ1) is 9.95. The van der Waals surface area contributed by atoms with Gasteiger partial charge in [0.15, 0.2) is 0 Å². The van der Waals surface area contributed by atoms with E-state index in [1.165, 1.54) is 18.2 Å². The van der Waals surface area contributed by atoms with E-state index in [1.807, 2.05) is 0 Å². The molecular formula is C12H15NO7S. The molecule has 5 atom stereocenters. The van der Waals surface area contributed by atoms with Crippen molar-refractivity contribution in [1.82, 2.24) is 0 Å². The van der Waals surface area contributed by atoms with Crippen LogP contribution >= 0.6 is 11.8 Å². The zero-order chi connectivity index (χ0) is 15.6. The molecule has 1 saturated heterocycles. The molecule has 1 fully saturated rings. The lowest BCUT2D eigenvalue weighted by Crippen LogP contribution is -2.57. The topological polar surface area (TPSA) is 133 Å². The molecule has 2 rings (SSSR count). The third-order valence-corrected chi connectivity index (χ3v) is 4.37. The zero-order valence-corrected chi connectivity index (χ0v) is 11.6. The summed E-state index contributed by atoms with van der Waals surface area (Å²) in [7, 11) is 0. The maximum absolute atomic E-state index is 10.9. The van der Waals surface area contributed by atoms with E-state index in [0.29, 0.717) is 0 Å². The van der Waals surface area contributed by atoms with Crippen LogP contribution in [-0.4, -0.2) is 61.8 Å². The van der Waals surface area contributed by atoms with Gasteiger partial charge in [-0.3, -0.25) is 10.1 Å². The molecule has 1 heterocycles. The number of nitrogens with zero attached hydrogens (tertiary/aromatic N) is 1. The molecule has 8 nitrogen and oxygen atoms in total. The van der Waals surface area contributed by atoms with Gasteiger partial charge in [0.1, 0.15) is 29.9 Å². The van der Waals surface area contributed by atoms with Crippen LogP contribution in [0.2, 0.25) is 0 Å². The molecule has 21 heavy (non-hydrogen) atoms. The van der Waals surface area contributed by atoms with Crippen LogP contribution in [0, 0.1) is 10.1 Å². The molecule has 116 valence electrons. The van der Waals surface area contributed by atoms with E-state index in [9.17, 15) is 25.4 Å². The summed E-state index contributed by atoms with van der Waals surface area (Å²) >= 11 is 0.856. The molecule has 1 aromatic carbocycles. The number of nitro benzene ring substituents is 1. The molecule has 0 spiro atoms. The van der Waals surface area contributed by atoms with E-state index in [1.54, 1.807) is 6.07 Å². The molecule has 0 aliphatic carbocycles. The highest BCUT2D eigenvalue weighted by atomic mass is 32.2. The van der Waals surface area contributed by atoms with E-state index in [2.05, 4.69) is 0 Å². The number of benzene rings is 1. The monoisotopic (exact) mass is 317 g/mol. The molecule has 9 heteroatoms. The van der Waals surface area contributed by atoms with Crippen LogP contribution in [0.25, 0.3) is 0 Å². The van der Waals surface area contributed by atoms with E-state index in [-0.39, 0.29) is 10.6 Å². The number of hydrogen-bond donors (Lipinski definition) is 4. The van der Waals surface area contributed by atoms with Crippen LogP contribution in [0.5, 0.6) is 0 Å². The van der Waals surface area contributed by atoms with E-state index >= 15 is 0 Å². The average molecular weight is 317 g/mol. The number of para-hydroxylation sites is 1. The van der Waals surface area contributed by atoms with Gasteiger partial charge >= 0.3 is 0 Å². The lowest BCUT2D eigenvalue weighted by Gasteiger charge is -2.39. The quantitative estimate of drug-likeness (QED) is 0.431. The minimum Gasteiger partial charge on any atom is -0.394 e. The van der Waals surface area contributed by atoms with Gasteiger partial charge < -0.3 is 25.2 Å². The smallest absolute Gasteiger partial charge is 0.282 e. The van der Waals surface area contributed by atoms with Gasteiger partial charge in [0, 0.05) is 6.07 Å². The SMILES string of the molecule is O=[N+]([O-])c1ccccc1S[C@H]1O[C@@H](CO)[C@@H](O)[C@H](O)[C@@H]1O. The summed E-state index contributed by atoms with van der Waals surface area (Å²) < 4.78 is 5.30. The summed E-state index contributed by atoms with van der Waals surface area (Å²) in [4.78, 5) is 10.6. The summed E-state index contributed by atoms with van der Waals surface area (Å²) in [5, 5.41) is 49.3. The zero-order valence-electron chi connectivity index (χ0n) is 10.8. The lowest BCUT2D eigenvalue weighted by atomic mass is 10.0. The van der Waals surface area contributed by atoms with Crippen LogP contribution in [-0.2, 0) is 4.74 Å². The fourth-order valence-electron chi connectivity index (χ4n) is 2.00. The van der Waals surface area contributed by atoms with Gasteiger partial charge in [0.05, 0.1) is 16.4 Å². The minimum atomic E-state index is -1.50. The number of aliphatic hydroxyl groups excluding tert-OH is 4. The van der Waals surface area contributed by atoms with Crippen LogP contribution in [0.15, 0.2) is 29.2 Å². The predicted molar refractivity (Wildman–Crippen MR) is 72.7 cm³/mol. The predicted octanol–water partition coefficient (Wildman–Crippen LogP) is -0.513. The molecule has 0 saturated carbocycles. The number of thioether (sulfide) groups is 1. The molecule has 1 aliphatic heterocycles. The van der Waals surface area contributed by atoms with Gasteiger partial charge in [-0.2, -0.15) is 0 Å². The standard InChI is InChI=1S/C12H15NO7S/c14-5-7-9(15)10(16)11(17)12(20-7)21-8-4-2-1-3-6(8)13(18)19/h1-4,7,9-12,14-17H,5H2/t7-,9+,10-,11-,12+/m0/s1. The van der Waals surface area contributed by atoms with Crippen LogP contribution in [0.1, 0.15) is 0 Å². The maximum atomic E-state index is 10.9. The molecule has 4 N–H and O–H groups in total. The summed E-state index contributed by atoms with van der Waals surface area (Å²) in [5.74, 6) is 0. The molecular weight excluding hydrogens is 302 g/mol. The van der Waals surface area contributed by atoms with Crippen molar-refractivity contribution in [3.05, 3.63) is 34.4 Å². The Morgan fingerprint density at radius 2 is 1.86 bits per heavy atom. The first-order valence-electron chi connectivity index (χ1n) is 6.16. The van der Waals surface area contributed by atoms with Crippen LogP contribution < -0.4 is 0 Å². The molecule has 1 aromatic rings. The Balaban J connectivity index is 2.20. The minimum absolute atomic E-state index is 0.153. The van der Waals surface area contributed by atoms with Crippen molar-refractivity contribution in [2.45, 2.75) is 34.7 Å². The van der Waals surface area contributed by atoms with Crippen molar-refractivity contribution in [1.29, 1.82) is 0 Å². The molecule has 0 bridgehead atoms. The Morgan fingerprint density at radius 1 is 1.19 bits per heavy atom. The molecule has 0 aromatic heterocycles. The van der Waals surface area contributed by atoms with Gasteiger partial charge in [-0.15, -0.1) is 0 Å². The molecule has 0 radical (unpaired) electrons. The first kappa shape index (κ1) is 16.1. The normalized spacial score (nSPS) is 32.9. The first-order valence-corrected chi connectivity index (χ1v) is 7.04. The largest absolute Gasteiger partial charge is 0.394 e. The van der Waals surface area contributed by atoms with E-state index in [4.69, 9.17) is 9.84 Å². The Kier molecular flexibility index (Phi) is 5.14. The third kappa shape index (κ3) is 3.34. The fourth-order valence-corrected chi connectivity index (χ4v) is 3.17. The second-order valence-electron chi connectivity index (χ2n) is 4.54. The van der Waals surface area contributed by atoms with Gasteiger partial charge in [0.25, 0.3) is 5.69 Å². The second kappa shape index (κ2) is 6.69. The van der Waals surface area contributed by atoms with Gasteiger partial charge in [-0.05, 0) is 6.07 Å². The number of ether oxygens (including phenoxy) is 1. The Bertz CT molecular complexity index is 512. The van der Waals surface area contributed by atoms with Crippen molar-refractivity contribution < 1.29 is 30.1 Å². The highest BCUT2D eigenvalue weighted by Crippen LogP contribution is 2.37. The average Bonchev–Trinajstić information content (AvgIpc) is 2.48. The summed E-state index contributed by atoms with van der Waals surface area (Å²) in [6.07, 6.45) is -5.43. The van der Waals surface area contributed by atoms with Crippen LogP contribution in [0.3, 0.4) is 0 Å². The van der Waals surface area contributed by atoms with E-state index in [0.717, 1.165) is 11.8 Å². The lowest BCUT2D eigenvalue weighted by molar-refractivity contribution is -0.387. The molecule has 1 aliphatic rings. The summed E-state index contributed by atoms with van der Waals surface area (Å²) in [5.41, 5.74) is -1.19. The van der Waals surface area contributed by atoms with Crippen molar-refractivity contribution >= 4 is 17.4 Å². The van der Waals surface area contributed by atoms with Crippen molar-refractivity contribution in [3.8, 4) is 0 Å².